The zero-order chi connectivity index (χ0) is 23.0. The van der Waals surface area contributed by atoms with Crippen molar-refractivity contribution < 1.29 is 14.3 Å². The van der Waals surface area contributed by atoms with Crippen LogP contribution in [0.2, 0.25) is 0 Å². The highest BCUT2D eigenvalue weighted by atomic mass is 32.1. The molecular formula is C25H22N3O3S+. The molecule has 1 aliphatic heterocycles. The lowest BCUT2D eigenvalue weighted by molar-refractivity contribution is 0.0698. The molecule has 2 aromatic rings. The van der Waals surface area contributed by atoms with E-state index in [1.807, 2.05) is 74.1 Å². The van der Waals surface area contributed by atoms with Gasteiger partial charge in [-0.1, -0.05) is 12.1 Å². The summed E-state index contributed by atoms with van der Waals surface area (Å²) in [5, 5.41) is 14.1. The van der Waals surface area contributed by atoms with E-state index in [0.29, 0.717) is 16.9 Å². The van der Waals surface area contributed by atoms with Gasteiger partial charge in [0.05, 0.1) is 22.5 Å². The lowest BCUT2D eigenvalue weighted by Crippen LogP contribution is -2.21. The van der Waals surface area contributed by atoms with E-state index in [1.54, 1.807) is 18.2 Å². The second-order valence-corrected chi connectivity index (χ2v) is 8.02. The molecule has 0 atom stereocenters. The Kier molecular flexibility index (Phi) is 5.61. The Labute approximate surface area is 190 Å². The molecule has 0 aromatic heterocycles. The van der Waals surface area contributed by atoms with Crippen LogP contribution in [0.15, 0.2) is 64.0 Å². The molecule has 32 heavy (non-hydrogen) atoms. The fourth-order valence-corrected chi connectivity index (χ4v) is 3.93. The van der Waals surface area contributed by atoms with E-state index in [9.17, 15) is 9.90 Å². The maximum atomic E-state index is 12.3. The highest BCUT2D eigenvalue weighted by Gasteiger charge is 2.24. The Morgan fingerprint density at radius 3 is 2.53 bits per heavy atom. The Morgan fingerprint density at radius 2 is 1.88 bits per heavy atom. The van der Waals surface area contributed by atoms with E-state index in [0.717, 1.165) is 27.6 Å². The van der Waals surface area contributed by atoms with E-state index in [1.165, 1.54) is 0 Å². The highest BCUT2D eigenvalue weighted by molar-refractivity contribution is 7.78. The van der Waals surface area contributed by atoms with Crippen molar-refractivity contribution in [1.29, 1.82) is 0 Å². The number of isothiocyanates is 1. The van der Waals surface area contributed by atoms with Crippen molar-refractivity contribution in [2.45, 2.75) is 0 Å². The number of hydrogen-bond donors (Lipinski definition) is 1. The first-order valence-electron chi connectivity index (χ1n) is 9.94. The molecule has 7 heteroatoms. The molecule has 160 valence electrons. The molecule has 0 fully saturated rings. The number of aliphatic imine (C=N–C) groups is 1. The van der Waals surface area contributed by atoms with Gasteiger partial charge in [-0.15, -0.1) is 0 Å². The van der Waals surface area contributed by atoms with E-state index in [2.05, 4.69) is 10.2 Å². The van der Waals surface area contributed by atoms with Crippen LogP contribution in [-0.4, -0.2) is 44.4 Å². The molecule has 1 aliphatic carbocycles. The van der Waals surface area contributed by atoms with Crippen LogP contribution in [0.1, 0.15) is 10.4 Å². The van der Waals surface area contributed by atoms with Gasteiger partial charge in [0.2, 0.25) is 5.36 Å². The molecule has 0 saturated carbocycles. The van der Waals surface area contributed by atoms with Gasteiger partial charge in [-0.3, -0.25) is 0 Å². The van der Waals surface area contributed by atoms with Crippen molar-refractivity contribution in [3.8, 4) is 22.5 Å². The molecule has 1 heterocycles. The highest BCUT2D eigenvalue weighted by Crippen LogP contribution is 2.43. The van der Waals surface area contributed by atoms with Gasteiger partial charge >= 0.3 is 5.97 Å². The average molecular weight is 445 g/mol. The Balaban J connectivity index is 2.22. The number of fused-ring (bicyclic) bond motifs is 2. The molecule has 2 aliphatic rings. The number of carboxylic acid groups (broad SMARTS) is 1. The van der Waals surface area contributed by atoms with Crippen LogP contribution >= 0.6 is 12.2 Å². The lowest BCUT2D eigenvalue weighted by Gasteiger charge is -2.19. The van der Waals surface area contributed by atoms with E-state index in [-0.39, 0.29) is 11.3 Å². The molecule has 0 unspecified atom stereocenters. The number of aromatic carboxylic acids is 1. The Bertz CT molecular complexity index is 1460. The minimum atomic E-state index is -1.08. The third-order valence-electron chi connectivity index (χ3n) is 5.41. The molecule has 4 rings (SSSR count). The van der Waals surface area contributed by atoms with Gasteiger partial charge in [0.25, 0.3) is 0 Å². The maximum Gasteiger partial charge on any atom is 0.338 e. The minimum Gasteiger partial charge on any atom is -0.478 e. The summed E-state index contributed by atoms with van der Waals surface area (Å²) in [4.78, 5) is 18.3. The summed E-state index contributed by atoms with van der Waals surface area (Å²) >= 11 is 4.74. The summed E-state index contributed by atoms with van der Waals surface area (Å²) in [6.45, 7) is 0. The van der Waals surface area contributed by atoms with Crippen LogP contribution in [0.3, 0.4) is 0 Å². The van der Waals surface area contributed by atoms with Gasteiger partial charge in [0.15, 0.2) is 0 Å². The number of hydrogen-bond acceptors (Lipinski definition) is 5. The van der Waals surface area contributed by atoms with E-state index in [4.69, 9.17) is 16.6 Å². The minimum absolute atomic E-state index is 0.0759. The lowest BCUT2D eigenvalue weighted by atomic mass is 9.90. The maximum absolute atomic E-state index is 12.3. The molecular weight excluding hydrogens is 422 g/mol. The molecule has 6 nitrogen and oxygen atoms in total. The number of benzene rings is 3. The molecule has 0 amide bonds. The van der Waals surface area contributed by atoms with Crippen molar-refractivity contribution >= 4 is 45.7 Å². The van der Waals surface area contributed by atoms with E-state index >= 15 is 0 Å². The predicted octanol–water partition coefficient (Wildman–Crippen LogP) is 4.73. The standard InChI is InChI=1S/C25H21N3O3S/c1-27(2)15-8-10-17-21(12-15)31-22-13-16(28(3)4)9-11-18(22)23(17)19-6-5-7-20(26-14-32)24(19)25(29)30/h5-13H,1-4H3/p+1. The first-order chi connectivity index (χ1) is 15.3. The summed E-state index contributed by atoms with van der Waals surface area (Å²) in [7, 11) is 7.84. The third kappa shape index (κ3) is 3.68. The topological polar surface area (TPSA) is 69.1 Å². The van der Waals surface area contributed by atoms with Gasteiger partial charge in [-0.2, -0.15) is 4.99 Å². The van der Waals surface area contributed by atoms with Gasteiger partial charge < -0.3 is 14.4 Å². The monoisotopic (exact) mass is 444 g/mol. The third-order valence-corrected chi connectivity index (χ3v) is 5.50. The zero-order valence-electron chi connectivity index (χ0n) is 18.2. The summed E-state index contributed by atoms with van der Waals surface area (Å²) in [5.41, 5.74) is 4.11. The van der Waals surface area contributed by atoms with Gasteiger partial charge in [0, 0.05) is 48.4 Å². The van der Waals surface area contributed by atoms with Crippen molar-refractivity contribution in [1.82, 2.24) is 4.58 Å². The van der Waals surface area contributed by atoms with Gasteiger partial charge in [-0.05, 0) is 42.0 Å². The summed E-state index contributed by atoms with van der Waals surface area (Å²) < 4.78 is 8.31. The molecule has 1 N–H and O–H groups in total. The molecule has 0 radical (unpaired) electrons. The SMILES string of the molecule is CN(C)c1ccc2c(-c3cccc(N=C=S)c3C(=O)O)c3ccc(=[N+](C)C)cc-3oc2c1. The van der Waals surface area contributed by atoms with Crippen LogP contribution in [0, 0.1) is 0 Å². The van der Waals surface area contributed by atoms with Gasteiger partial charge in [0.1, 0.15) is 25.4 Å². The van der Waals surface area contributed by atoms with Crippen LogP contribution in [0.4, 0.5) is 11.4 Å². The van der Waals surface area contributed by atoms with Crippen LogP contribution in [0.5, 0.6) is 0 Å². The molecule has 2 aromatic carbocycles. The van der Waals surface area contributed by atoms with E-state index < -0.39 is 5.97 Å². The predicted molar refractivity (Wildman–Crippen MR) is 131 cm³/mol. The smallest absolute Gasteiger partial charge is 0.338 e. The number of thiocarbonyl (C=S) groups is 1. The number of anilines is 1. The van der Waals surface area contributed by atoms with Crippen LogP contribution in [-0.2, 0) is 0 Å². The second kappa shape index (κ2) is 8.38. The second-order valence-electron chi connectivity index (χ2n) is 7.83. The number of nitrogens with zero attached hydrogens (tertiary/aromatic N) is 3. The summed E-state index contributed by atoms with van der Waals surface area (Å²) in [6, 6.07) is 17.0. The van der Waals surface area contributed by atoms with Crippen molar-refractivity contribution in [3.63, 3.8) is 0 Å². The van der Waals surface area contributed by atoms with Crippen molar-refractivity contribution in [2.24, 2.45) is 4.99 Å². The molecule has 0 bridgehead atoms. The largest absolute Gasteiger partial charge is 0.478 e. The number of carboxylic acids is 1. The van der Waals surface area contributed by atoms with Crippen molar-refractivity contribution in [3.05, 3.63) is 65.5 Å². The van der Waals surface area contributed by atoms with Gasteiger partial charge in [-0.25, -0.2) is 9.37 Å². The fourth-order valence-electron chi connectivity index (χ4n) is 3.83. The first kappa shape index (κ1) is 21.4. The Morgan fingerprint density at radius 1 is 1.09 bits per heavy atom. The fraction of sp³-hybridized carbons (Fsp3) is 0.160. The number of rotatable bonds is 4. The first-order valence-corrected chi connectivity index (χ1v) is 10.4. The number of carbonyl (C=O) groups is 1. The Hall–Kier alpha value is -3.80. The summed E-state index contributed by atoms with van der Waals surface area (Å²) in [6.07, 6.45) is 0. The summed E-state index contributed by atoms with van der Waals surface area (Å²) in [5.74, 6) is -0.420. The van der Waals surface area contributed by atoms with Crippen LogP contribution in [0.25, 0.3) is 33.4 Å². The molecule has 0 saturated heterocycles. The van der Waals surface area contributed by atoms with Crippen molar-refractivity contribution in [2.75, 3.05) is 33.1 Å². The van der Waals surface area contributed by atoms with Crippen LogP contribution < -0.4 is 14.8 Å². The molecule has 0 spiro atoms. The quantitative estimate of drug-likeness (QED) is 0.213. The normalized spacial score (nSPS) is 10.8. The average Bonchev–Trinajstić information content (AvgIpc) is 2.76. The zero-order valence-corrected chi connectivity index (χ0v) is 19.0.